The number of aromatic hydroxyl groups is 2. The second-order valence-corrected chi connectivity index (χ2v) is 18.4. The summed E-state index contributed by atoms with van der Waals surface area (Å²) in [6.07, 6.45) is 31.5. The number of fused-ring (bicyclic) bond motifs is 1. The molecule has 4 aromatic rings. The Kier molecular flexibility index (Phi) is 26.8. The Morgan fingerprint density at radius 1 is 0.419 bits per heavy atom. The Labute approximate surface area is 387 Å². The van der Waals surface area contributed by atoms with Crippen LogP contribution in [0.4, 0.5) is 11.4 Å². The van der Waals surface area contributed by atoms with Crippen LogP contribution in [0.2, 0.25) is 0 Å². The molecule has 342 valence electrons. The summed E-state index contributed by atoms with van der Waals surface area (Å²) in [6, 6.07) is 21.1. The van der Waals surface area contributed by atoms with Gasteiger partial charge in [0.2, 0.25) is 0 Å². The third-order valence-corrected chi connectivity index (χ3v) is 13.1. The van der Waals surface area contributed by atoms with Crippen molar-refractivity contribution in [3.63, 3.8) is 0 Å². The topological polar surface area (TPSA) is 65.2 Å². The van der Waals surface area contributed by atoms with Crippen molar-refractivity contribution >= 4 is 49.5 Å². The van der Waals surface area contributed by atoms with Crippen molar-refractivity contribution in [3.05, 3.63) is 93.0 Å². The minimum atomic E-state index is 0.110. The van der Waals surface area contributed by atoms with Crippen LogP contribution in [0.3, 0.4) is 0 Å². The Hall–Kier alpha value is -3.44. The molecule has 0 unspecified atom stereocenters. The minimum absolute atomic E-state index is 0.110. The fraction of sp³-hybridized carbons (Fsp3) is 0.579. The molecule has 0 aromatic heterocycles. The number of phenolic OH excluding ortho intramolecular Hbond substituents is 2. The molecule has 0 aliphatic rings. The number of hydrogen-bond acceptors (Lipinski definition) is 4. The van der Waals surface area contributed by atoms with Crippen molar-refractivity contribution in [2.45, 2.75) is 215 Å². The van der Waals surface area contributed by atoms with Gasteiger partial charge in [-0.2, -0.15) is 0 Å². The Morgan fingerprint density at radius 2 is 0.855 bits per heavy atom. The lowest BCUT2D eigenvalue weighted by atomic mass is 9.96. The van der Waals surface area contributed by atoms with Gasteiger partial charge in [-0.05, 0) is 164 Å². The highest BCUT2D eigenvalue weighted by molar-refractivity contribution is 9.10. The van der Waals surface area contributed by atoms with Crippen LogP contribution in [0.5, 0.6) is 11.5 Å². The van der Waals surface area contributed by atoms with E-state index in [0.717, 1.165) is 65.3 Å². The molecule has 0 fully saturated rings. The van der Waals surface area contributed by atoms with Gasteiger partial charge in [0.1, 0.15) is 11.5 Å². The van der Waals surface area contributed by atoms with E-state index in [2.05, 4.69) is 101 Å². The lowest BCUT2D eigenvalue weighted by Crippen LogP contribution is -2.14. The quantitative estimate of drug-likeness (QED) is 0.0421. The van der Waals surface area contributed by atoms with Gasteiger partial charge in [-0.1, -0.05) is 156 Å². The van der Waals surface area contributed by atoms with Crippen LogP contribution in [0, 0.1) is 0 Å². The summed E-state index contributed by atoms with van der Waals surface area (Å²) in [5.41, 5.74) is 11.9. The van der Waals surface area contributed by atoms with Gasteiger partial charge < -0.3 is 10.2 Å². The first-order chi connectivity index (χ1) is 30.2. The summed E-state index contributed by atoms with van der Waals surface area (Å²) >= 11 is 3.53. The van der Waals surface area contributed by atoms with Crippen LogP contribution < -0.4 is 0 Å². The second kappa shape index (κ2) is 31.4. The molecule has 4 nitrogen and oxygen atoms in total. The smallest absolute Gasteiger partial charge is 0.127 e. The molecule has 0 amide bonds. The number of rotatable bonds is 29. The van der Waals surface area contributed by atoms with Gasteiger partial charge in [-0.3, -0.25) is 9.98 Å². The summed E-state index contributed by atoms with van der Waals surface area (Å²) in [4.78, 5) is 11.0. The zero-order valence-corrected chi connectivity index (χ0v) is 41.9. The van der Waals surface area contributed by atoms with Gasteiger partial charge in [-0.15, -0.1) is 0 Å². The highest BCUT2D eigenvalue weighted by Crippen LogP contribution is 2.39. The highest BCUT2D eigenvalue weighted by atomic mass is 79.9. The minimum Gasteiger partial charge on any atom is -0.507 e. The number of benzene rings is 4. The van der Waals surface area contributed by atoms with E-state index in [0.29, 0.717) is 5.39 Å². The van der Waals surface area contributed by atoms with Crippen molar-refractivity contribution in [2.24, 2.45) is 9.98 Å². The van der Waals surface area contributed by atoms with Crippen molar-refractivity contribution in [1.82, 2.24) is 0 Å². The van der Waals surface area contributed by atoms with Crippen molar-refractivity contribution in [3.8, 4) is 11.5 Å². The maximum Gasteiger partial charge on any atom is 0.127 e. The molecule has 0 radical (unpaired) electrons. The maximum absolute atomic E-state index is 9.90. The molecular formula is C57H85BrN2O2. The predicted octanol–water partition coefficient (Wildman–Crippen LogP) is 18.6. The van der Waals surface area contributed by atoms with E-state index in [1.165, 1.54) is 162 Å². The largest absolute Gasteiger partial charge is 0.507 e. The normalized spacial score (nSPS) is 11.9. The molecule has 0 heterocycles. The Balaban J connectivity index is 0.000000529. The monoisotopic (exact) mass is 909 g/mol. The summed E-state index contributed by atoms with van der Waals surface area (Å²) in [6.45, 7) is 15.9. The van der Waals surface area contributed by atoms with Crippen molar-refractivity contribution in [2.75, 3.05) is 0 Å². The van der Waals surface area contributed by atoms with E-state index in [-0.39, 0.29) is 11.5 Å². The standard InChI is InChI=1S/C44H72N2.C13H13BrO2/c1-7-13-19-21-22-24-30-44(46-42-34-32-38(26-16-10-4)40(36-42)28-18-12-6)43(29-23-20-14-8-2)45-41-33-31-37(25-15-9-3)39(35-41)27-17-11-5;1-2-4-8-7-11(16)12-9(13(8)14)5-3-6-10(12)15/h31-36H,7-30H2,1-6H3;3,5-7,15-16H,2,4H2,1H3. The average molecular weight is 910 g/mol. The zero-order chi connectivity index (χ0) is 45.0. The van der Waals surface area contributed by atoms with E-state index in [1.54, 1.807) is 18.2 Å². The molecular weight excluding hydrogens is 825 g/mol. The fourth-order valence-corrected chi connectivity index (χ4v) is 8.98. The van der Waals surface area contributed by atoms with Gasteiger partial charge in [0, 0.05) is 9.86 Å². The van der Waals surface area contributed by atoms with Crippen molar-refractivity contribution in [1.29, 1.82) is 0 Å². The van der Waals surface area contributed by atoms with Crippen LogP contribution in [-0.4, -0.2) is 21.6 Å². The first-order valence-corrected chi connectivity index (χ1v) is 26.0. The van der Waals surface area contributed by atoms with E-state index < -0.39 is 0 Å². The lowest BCUT2D eigenvalue weighted by Gasteiger charge is -2.15. The van der Waals surface area contributed by atoms with Crippen LogP contribution in [0.1, 0.15) is 211 Å². The van der Waals surface area contributed by atoms with Gasteiger partial charge in [0.15, 0.2) is 0 Å². The number of aliphatic imine (C=N–C) groups is 2. The molecule has 0 atom stereocenters. The first kappa shape index (κ1) is 52.9. The molecule has 4 aromatic carbocycles. The molecule has 0 spiro atoms. The molecule has 5 heteroatoms. The van der Waals surface area contributed by atoms with Gasteiger partial charge in [-0.25, -0.2) is 0 Å². The number of unbranched alkanes of at least 4 members (excludes halogenated alkanes) is 12. The van der Waals surface area contributed by atoms with Gasteiger partial charge >= 0.3 is 0 Å². The average Bonchev–Trinajstić information content (AvgIpc) is 3.27. The van der Waals surface area contributed by atoms with Crippen LogP contribution in [0.25, 0.3) is 10.8 Å². The number of aryl methyl sites for hydroxylation is 5. The SMILES string of the molecule is CCCCCCCCC(=Nc1ccc(CCCC)c(CCCC)c1)C(CCCCCC)=Nc1ccc(CCCC)c(CCCC)c1.CCCc1cc(O)c2c(O)cccc2c1Br. The van der Waals surface area contributed by atoms with Crippen LogP contribution in [-0.2, 0) is 32.1 Å². The number of halogens is 1. The molecule has 0 aliphatic heterocycles. The third kappa shape index (κ3) is 18.3. The highest BCUT2D eigenvalue weighted by Gasteiger charge is 2.15. The van der Waals surface area contributed by atoms with Crippen LogP contribution in [0.15, 0.2) is 75.1 Å². The summed E-state index contributed by atoms with van der Waals surface area (Å²) < 4.78 is 0.957. The second-order valence-electron chi connectivity index (χ2n) is 17.6. The summed E-state index contributed by atoms with van der Waals surface area (Å²) in [7, 11) is 0. The third-order valence-electron chi connectivity index (χ3n) is 12.1. The molecule has 0 saturated heterocycles. The maximum atomic E-state index is 9.90. The Morgan fingerprint density at radius 3 is 1.32 bits per heavy atom. The van der Waals surface area contributed by atoms with Crippen LogP contribution >= 0.6 is 15.9 Å². The van der Waals surface area contributed by atoms with Crippen molar-refractivity contribution < 1.29 is 10.2 Å². The number of phenols is 2. The molecule has 0 aliphatic carbocycles. The first-order valence-electron chi connectivity index (χ1n) is 25.3. The lowest BCUT2D eigenvalue weighted by molar-refractivity contribution is 0.463. The molecule has 0 bridgehead atoms. The summed E-state index contributed by atoms with van der Waals surface area (Å²) in [5, 5.41) is 21.0. The zero-order valence-electron chi connectivity index (χ0n) is 40.3. The molecule has 62 heavy (non-hydrogen) atoms. The molecule has 4 rings (SSSR count). The van der Waals surface area contributed by atoms with E-state index in [4.69, 9.17) is 9.98 Å². The van der Waals surface area contributed by atoms with E-state index in [9.17, 15) is 10.2 Å². The van der Waals surface area contributed by atoms with E-state index >= 15 is 0 Å². The van der Waals surface area contributed by atoms with E-state index in [1.807, 2.05) is 6.07 Å². The molecule has 0 saturated carbocycles. The fourth-order valence-electron chi connectivity index (χ4n) is 8.34. The number of hydrogen-bond donors (Lipinski definition) is 2. The number of nitrogens with zero attached hydrogens (tertiary/aromatic N) is 2. The van der Waals surface area contributed by atoms with Gasteiger partial charge in [0.05, 0.1) is 28.2 Å². The summed E-state index contributed by atoms with van der Waals surface area (Å²) in [5.74, 6) is 0.249. The predicted molar refractivity (Wildman–Crippen MR) is 277 cm³/mol. The molecule has 2 N–H and O–H groups in total. The Bertz CT molecular complexity index is 1930. The van der Waals surface area contributed by atoms with Gasteiger partial charge in [0.25, 0.3) is 0 Å².